The lowest BCUT2D eigenvalue weighted by Gasteiger charge is -2.45. The molecule has 0 bridgehead atoms. The van der Waals surface area contributed by atoms with Crippen LogP contribution in [0.5, 0.6) is 0 Å². The van der Waals surface area contributed by atoms with Crippen molar-refractivity contribution in [2.75, 3.05) is 11.4 Å². The molecule has 0 N–H and O–H groups in total. The summed E-state index contributed by atoms with van der Waals surface area (Å²) in [5, 5.41) is 0. The summed E-state index contributed by atoms with van der Waals surface area (Å²) in [5.41, 5.74) is 1.30. The maximum absolute atomic E-state index is 12.3. The van der Waals surface area contributed by atoms with Gasteiger partial charge in [-0.1, -0.05) is 25.1 Å². The molecule has 2 aliphatic rings. The summed E-state index contributed by atoms with van der Waals surface area (Å²) >= 11 is 0. The zero-order valence-corrected chi connectivity index (χ0v) is 12.4. The second kappa shape index (κ2) is 3.84. The van der Waals surface area contributed by atoms with Gasteiger partial charge in [0.15, 0.2) is 0 Å². The third kappa shape index (κ3) is 1.27. The van der Waals surface area contributed by atoms with Gasteiger partial charge < -0.3 is 4.90 Å². The molecular weight excluding hydrogens is 252 g/mol. The van der Waals surface area contributed by atoms with Crippen LogP contribution >= 0.6 is 0 Å². The van der Waals surface area contributed by atoms with E-state index in [2.05, 4.69) is 13.0 Å². The largest absolute Gasteiger partial charge is 0.319 e. The summed E-state index contributed by atoms with van der Waals surface area (Å²) in [7, 11) is 0. The summed E-state index contributed by atoms with van der Waals surface area (Å²) in [6.07, 6.45) is 0.879. The van der Waals surface area contributed by atoms with Gasteiger partial charge in [-0.05, 0) is 25.0 Å². The van der Waals surface area contributed by atoms with Crippen molar-refractivity contribution < 1.29 is 9.59 Å². The van der Waals surface area contributed by atoms with Crippen LogP contribution < -0.4 is 4.90 Å². The van der Waals surface area contributed by atoms with Crippen LogP contribution in [0.25, 0.3) is 0 Å². The Morgan fingerprint density at radius 1 is 1.10 bits per heavy atom. The molecule has 0 radical (unpaired) electrons. The van der Waals surface area contributed by atoms with Gasteiger partial charge in [0.1, 0.15) is 5.66 Å². The molecule has 4 heteroatoms. The summed E-state index contributed by atoms with van der Waals surface area (Å²) in [5.74, 6) is 0.00658. The number of rotatable bonds is 0. The van der Waals surface area contributed by atoms with Gasteiger partial charge in [0.05, 0.1) is 0 Å². The number of benzene rings is 1. The van der Waals surface area contributed by atoms with Gasteiger partial charge >= 0.3 is 0 Å². The average molecular weight is 272 g/mol. The van der Waals surface area contributed by atoms with Crippen LogP contribution in [0.4, 0.5) is 5.69 Å². The lowest BCUT2D eigenvalue weighted by molar-refractivity contribution is -0.134. The molecule has 1 aromatic carbocycles. The zero-order valence-electron chi connectivity index (χ0n) is 12.4. The molecule has 2 atom stereocenters. The Kier molecular flexibility index (Phi) is 2.53. The van der Waals surface area contributed by atoms with E-state index in [4.69, 9.17) is 0 Å². The normalized spacial score (nSPS) is 31.2. The molecule has 3 rings (SSSR count). The molecule has 0 aromatic heterocycles. The fourth-order valence-electron chi connectivity index (χ4n) is 4.16. The Morgan fingerprint density at radius 2 is 1.75 bits per heavy atom. The second-order valence-corrected chi connectivity index (χ2v) is 6.15. The van der Waals surface area contributed by atoms with E-state index >= 15 is 0 Å². The highest BCUT2D eigenvalue weighted by atomic mass is 16.2. The number of nitrogens with zero attached hydrogens (tertiary/aromatic N) is 2. The first kappa shape index (κ1) is 13.2. The van der Waals surface area contributed by atoms with Crippen molar-refractivity contribution in [2.24, 2.45) is 0 Å². The molecule has 1 saturated heterocycles. The first-order chi connectivity index (χ1) is 9.34. The number of likely N-dealkylation sites (tertiary alicyclic amines) is 1. The van der Waals surface area contributed by atoms with Crippen LogP contribution in [0, 0.1) is 0 Å². The average Bonchev–Trinajstić information content (AvgIpc) is 2.73. The highest BCUT2D eigenvalue weighted by Crippen LogP contribution is 2.58. The molecule has 2 aliphatic heterocycles. The predicted octanol–water partition coefficient (Wildman–Crippen LogP) is 2.28. The molecule has 2 heterocycles. The Morgan fingerprint density at radius 3 is 2.35 bits per heavy atom. The highest BCUT2D eigenvalue weighted by molar-refractivity contribution is 5.98. The molecule has 20 heavy (non-hydrogen) atoms. The Hall–Kier alpha value is -1.84. The minimum absolute atomic E-state index is 0.0168. The van der Waals surface area contributed by atoms with E-state index in [1.165, 1.54) is 5.56 Å². The smallest absolute Gasteiger partial charge is 0.225 e. The lowest BCUT2D eigenvalue weighted by atomic mass is 9.75. The van der Waals surface area contributed by atoms with Gasteiger partial charge in [0, 0.05) is 31.5 Å². The molecule has 4 nitrogen and oxygen atoms in total. The number of hydrogen-bond acceptors (Lipinski definition) is 2. The number of amides is 2. The van der Waals surface area contributed by atoms with Crippen molar-refractivity contribution in [1.29, 1.82) is 0 Å². The minimum atomic E-state index is -0.603. The molecule has 2 amide bonds. The first-order valence-electron chi connectivity index (χ1n) is 7.02. The van der Waals surface area contributed by atoms with Crippen LogP contribution in [0.15, 0.2) is 24.3 Å². The zero-order chi connectivity index (χ0) is 14.7. The monoisotopic (exact) mass is 272 g/mol. The lowest BCUT2D eigenvalue weighted by Crippen LogP contribution is -2.62. The van der Waals surface area contributed by atoms with Crippen LogP contribution in [-0.2, 0) is 15.0 Å². The quantitative estimate of drug-likeness (QED) is 0.727. The molecule has 106 valence electrons. The van der Waals surface area contributed by atoms with Crippen molar-refractivity contribution in [3.05, 3.63) is 29.8 Å². The summed E-state index contributed by atoms with van der Waals surface area (Å²) in [6.45, 7) is 8.03. The first-order valence-corrected chi connectivity index (χ1v) is 7.02. The Balaban J connectivity index is 2.29. The van der Waals surface area contributed by atoms with Crippen molar-refractivity contribution >= 4 is 17.5 Å². The summed E-state index contributed by atoms with van der Waals surface area (Å²) < 4.78 is 0. The topological polar surface area (TPSA) is 40.6 Å². The maximum atomic E-state index is 12.3. The highest BCUT2D eigenvalue weighted by Gasteiger charge is 2.64. The number of anilines is 1. The van der Waals surface area contributed by atoms with E-state index in [0.29, 0.717) is 6.54 Å². The molecular formula is C16H20N2O2. The van der Waals surface area contributed by atoms with E-state index in [1.807, 2.05) is 30.0 Å². The summed E-state index contributed by atoms with van der Waals surface area (Å²) in [4.78, 5) is 27.9. The number of hydrogen-bond donors (Lipinski definition) is 0. The van der Waals surface area contributed by atoms with Crippen molar-refractivity contribution in [1.82, 2.24) is 4.90 Å². The molecule has 0 aliphatic carbocycles. The molecule has 1 fully saturated rings. The van der Waals surface area contributed by atoms with Crippen molar-refractivity contribution in [3.8, 4) is 0 Å². The second-order valence-electron chi connectivity index (χ2n) is 6.15. The fraction of sp³-hybridized carbons (Fsp3) is 0.500. The third-order valence-corrected chi connectivity index (χ3v) is 5.28. The van der Waals surface area contributed by atoms with Crippen LogP contribution in [-0.4, -0.2) is 28.9 Å². The predicted molar refractivity (Wildman–Crippen MR) is 77.4 cm³/mol. The van der Waals surface area contributed by atoms with Crippen LogP contribution in [0.2, 0.25) is 0 Å². The van der Waals surface area contributed by atoms with E-state index < -0.39 is 5.66 Å². The van der Waals surface area contributed by atoms with Crippen molar-refractivity contribution in [2.45, 2.75) is 45.2 Å². The van der Waals surface area contributed by atoms with Gasteiger partial charge in [-0.15, -0.1) is 0 Å². The number of fused-ring (bicyclic) bond motifs is 3. The SMILES string of the molecule is CC(=O)N1CCC2(C)c3ccccc3N(C(C)=O)C12C. The van der Waals surface area contributed by atoms with E-state index in [-0.39, 0.29) is 17.2 Å². The number of carbonyl (C=O) groups is 2. The van der Waals surface area contributed by atoms with E-state index in [9.17, 15) is 9.59 Å². The number of carbonyl (C=O) groups excluding carboxylic acids is 2. The van der Waals surface area contributed by atoms with Crippen LogP contribution in [0.3, 0.4) is 0 Å². The standard InChI is InChI=1S/C16H20N2O2/c1-11(19)17-10-9-15(3)13-7-5-6-8-14(13)18(12(2)20)16(15,17)4/h5-8H,9-10H2,1-4H3. The molecule has 0 spiro atoms. The molecule has 0 saturated carbocycles. The Bertz CT molecular complexity index is 612. The van der Waals surface area contributed by atoms with E-state index in [1.54, 1.807) is 18.7 Å². The number of para-hydroxylation sites is 1. The molecule has 2 unspecified atom stereocenters. The van der Waals surface area contributed by atoms with Crippen LogP contribution in [0.1, 0.15) is 39.7 Å². The fourth-order valence-corrected chi connectivity index (χ4v) is 4.16. The van der Waals surface area contributed by atoms with Gasteiger partial charge in [0.2, 0.25) is 11.8 Å². The third-order valence-electron chi connectivity index (χ3n) is 5.28. The van der Waals surface area contributed by atoms with Gasteiger partial charge in [-0.3, -0.25) is 14.5 Å². The van der Waals surface area contributed by atoms with Crippen molar-refractivity contribution in [3.63, 3.8) is 0 Å². The van der Waals surface area contributed by atoms with Gasteiger partial charge in [-0.25, -0.2) is 0 Å². The minimum Gasteiger partial charge on any atom is -0.319 e. The summed E-state index contributed by atoms with van der Waals surface area (Å²) in [6, 6.07) is 8.01. The maximum Gasteiger partial charge on any atom is 0.225 e. The van der Waals surface area contributed by atoms with Gasteiger partial charge in [-0.2, -0.15) is 0 Å². The van der Waals surface area contributed by atoms with E-state index in [0.717, 1.165) is 12.1 Å². The molecule has 1 aromatic rings. The van der Waals surface area contributed by atoms with Gasteiger partial charge in [0.25, 0.3) is 0 Å². The Labute approximate surface area is 119 Å².